The summed E-state index contributed by atoms with van der Waals surface area (Å²) in [5, 5.41) is 5.84. The van der Waals surface area contributed by atoms with Gasteiger partial charge in [-0.05, 0) is 78.3 Å². The number of esters is 1. The van der Waals surface area contributed by atoms with Gasteiger partial charge in [0.05, 0.1) is 7.11 Å². The first kappa shape index (κ1) is 26.4. The predicted molar refractivity (Wildman–Crippen MR) is 134 cm³/mol. The van der Waals surface area contributed by atoms with Crippen molar-refractivity contribution in [2.75, 3.05) is 7.11 Å². The summed E-state index contributed by atoms with van der Waals surface area (Å²) in [7, 11) is 1.32. The van der Waals surface area contributed by atoms with Crippen molar-refractivity contribution in [3.05, 3.63) is 46.1 Å². The molecule has 6 nitrogen and oxygen atoms in total. The summed E-state index contributed by atoms with van der Waals surface area (Å²) >= 11 is 2.22. The van der Waals surface area contributed by atoms with E-state index >= 15 is 0 Å². The molecule has 2 atom stereocenters. The van der Waals surface area contributed by atoms with Crippen molar-refractivity contribution in [3.63, 3.8) is 0 Å². The maximum absolute atomic E-state index is 13.3. The van der Waals surface area contributed by atoms with Crippen LogP contribution < -0.4 is 10.6 Å². The molecule has 1 aliphatic carbocycles. The number of methoxy groups -OCH3 is 1. The normalized spacial score (nSPS) is 15.9. The predicted octanol–water partition coefficient (Wildman–Crippen LogP) is 4.30. The topological polar surface area (TPSA) is 84.5 Å². The van der Waals surface area contributed by atoms with Crippen molar-refractivity contribution in [2.45, 2.75) is 76.3 Å². The fraction of sp³-hybridized carbons (Fsp3) is 0.560. The monoisotopic (exact) mass is 554 g/mol. The highest BCUT2D eigenvalue weighted by molar-refractivity contribution is 14.1. The highest BCUT2D eigenvalue weighted by atomic mass is 127. The van der Waals surface area contributed by atoms with Crippen LogP contribution in [0.15, 0.2) is 36.9 Å². The SMILES string of the molecule is C=CCCCCC(=O)N[C@H](C(=O)N[C@@H](Cc1cccc(I)c1)C(=O)OC)C1CCCCC1. The first-order chi connectivity index (χ1) is 15.4. The lowest BCUT2D eigenvalue weighted by molar-refractivity contribution is -0.145. The molecule has 1 aliphatic rings. The Bertz CT molecular complexity index is 777. The number of carbonyl (C=O) groups is 3. The zero-order chi connectivity index (χ0) is 23.3. The summed E-state index contributed by atoms with van der Waals surface area (Å²) in [5.74, 6) is -0.836. The number of nitrogens with one attached hydrogen (secondary N) is 2. The van der Waals surface area contributed by atoms with Crippen molar-refractivity contribution in [1.82, 2.24) is 10.6 Å². The van der Waals surface area contributed by atoms with Crippen molar-refractivity contribution in [2.24, 2.45) is 5.92 Å². The molecule has 0 aromatic heterocycles. The van der Waals surface area contributed by atoms with E-state index in [9.17, 15) is 14.4 Å². The van der Waals surface area contributed by atoms with Gasteiger partial charge in [0.15, 0.2) is 0 Å². The minimum absolute atomic E-state index is 0.0804. The molecule has 0 radical (unpaired) electrons. The standard InChI is InChI=1S/C25H35IN2O4/c1-3-4-5-9-15-22(29)28-23(19-12-7-6-8-13-19)24(30)27-21(25(31)32-2)17-18-11-10-14-20(26)16-18/h3,10-11,14,16,19,21,23H,1,4-9,12-13,15,17H2,2H3,(H,27,30)(H,28,29)/t21-,23-/m0/s1. The summed E-state index contributed by atoms with van der Waals surface area (Å²) in [4.78, 5) is 38.3. The van der Waals surface area contributed by atoms with E-state index in [2.05, 4.69) is 39.8 Å². The van der Waals surface area contributed by atoms with Gasteiger partial charge in [0.2, 0.25) is 11.8 Å². The minimum atomic E-state index is -0.804. The van der Waals surface area contributed by atoms with Crippen LogP contribution in [0.2, 0.25) is 0 Å². The van der Waals surface area contributed by atoms with Crippen LogP contribution in [0.1, 0.15) is 63.4 Å². The molecule has 1 aromatic carbocycles. The smallest absolute Gasteiger partial charge is 0.328 e. The van der Waals surface area contributed by atoms with Gasteiger partial charge in [0.1, 0.15) is 12.1 Å². The van der Waals surface area contributed by atoms with Crippen molar-refractivity contribution in [3.8, 4) is 0 Å². The van der Waals surface area contributed by atoms with Crippen LogP contribution in [0.25, 0.3) is 0 Å². The third-order valence-electron chi connectivity index (χ3n) is 5.91. The average Bonchev–Trinajstić information content (AvgIpc) is 2.80. The highest BCUT2D eigenvalue weighted by Gasteiger charge is 2.33. The number of benzene rings is 1. The van der Waals surface area contributed by atoms with Gasteiger partial charge in [0.25, 0.3) is 0 Å². The van der Waals surface area contributed by atoms with Gasteiger partial charge in [-0.3, -0.25) is 9.59 Å². The minimum Gasteiger partial charge on any atom is -0.467 e. The third-order valence-corrected chi connectivity index (χ3v) is 6.58. The van der Waals surface area contributed by atoms with Crippen LogP contribution in [0.3, 0.4) is 0 Å². The Morgan fingerprint density at radius 3 is 2.59 bits per heavy atom. The molecule has 0 unspecified atom stereocenters. The fourth-order valence-corrected chi connectivity index (χ4v) is 4.79. The Kier molecular flexibility index (Phi) is 11.8. The van der Waals surface area contributed by atoms with E-state index < -0.39 is 18.1 Å². The number of allylic oxidation sites excluding steroid dienone is 1. The van der Waals surface area contributed by atoms with Crippen LogP contribution in [-0.4, -0.2) is 37.0 Å². The summed E-state index contributed by atoms with van der Waals surface area (Å²) in [6.45, 7) is 3.70. The molecule has 2 amide bonds. The quantitative estimate of drug-likeness (QED) is 0.175. The Hall–Kier alpha value is -1.90. The molecular weight excluding hydrogens is 519 g/mol. The molecule has 0 bridgehead atoms. The lowest BCUT2D eigenvalue weighted by atomic mass is 9.83. The highest BCUT2D eigenvalue weighted by Crippen LogP contribution is 2.27. The lowest BCUT2D eigenvalue weighted by Gasteiger charge is -2.31. The zero-order valence-electron chi connectivity index (χ0n) is 18.9. The van der Waals surface area contributed by atoms with E-state index in [-0.39, 0.29) is 17.7 Å². The van der Waals surface area contributed by atoms with Gasteiger partial charge in [-0.1, -0.05) is 37.5 Å². The van der Waals surface area contributed by atoms with Crippen LogP contribution in [0.5, 0.6) is 0 Å². The van der Waals surface area contributed by atoms with Crippen molar-refractivity contribution in [1.29, 1.82) is 0 Å². The summed E-state index contributed by atoms with van der Waals surface area (Å²) in [6.07, 6.45) is 10.1. The van der Waals surface area contributed by atoms with Gasteiger partial charge < -0.3 is 15.4 Å². The van der Waals surface area contributed by atoms with Crippen molar-refractivity contribution >= 4 is 40.4 Å². The Labute approximate surface area is 205 Å². The lowest BCUT2D eigenvalue weighted by Crippen LogP contribution is -2.55. The molecule has 0 spiro atoms. The Balaban J connectivity index is 2.09. The maximum atomic E-state index is 13.3. The van der Waals surface area contributed by atoms with Crippen LogP contribution in [0.4, 0.5) is 0 Å². The average molecular weight is 554 g/mol. The molecule has 1 aromatic rings. The van der Waals surface area contributed by atoms with E-state index in [1.807, 2.05) is 30.3 Å². The molecule has 0 saturated heterocycles. The second-order valence-electron chi connectivity index (χ2n) is 8.40. The van der Waals surface area contributed by atoms with E-state index in [4.69, 9.17) is 4.74 Å². The van der Waals surface area contributed by atoms with Crippen LogP contribution in [0, 0.1) is 9.49 Å². The van der Waals surface area contributed by atoms with Gasteiger partial charge in [-0.25, -0.2) is 4.79 Å². The van der Waals surface area contributed by atoms with Crippen LogP contribution >= 0.6 is 22.6 Å². The number of hydrogen-bond acceptors (Lipinski definition) is 4. The van der Waals surface area contributed by atoms with Gasteiger partial charge >= 0.3 is 5.97 Å². The fourth-order valence-electron chi connectivity index (χ4n) is 4.18. The summed E-state index contributed by atoms with van der Waals surface area (Å²) < 4.78 is 6.00. The molecule has 2 rings (SSSR count). The number of amides is 2. The van der Waals surface area contributed by atoms with Crippen molar-refractivity contribution < 1.29 is 19.1 Å². The van der Waals surface area contributed by atoms with Gasteiger partial charge in [0, 0.05) is 16.4 Å². The van der Waals surface area contributed by atoms with E-state index in [0.29, 0.717) is 12.8 Å². The first-order valence-electron chi connectivity index (χ1n) is 11.5. The second-order valence-corrected chi connectivity index (χ2v) is 9.64. The first-order valence-corrected chi connectivity index (χ1v) is 12.6. The van der Waals surface area contributed by atoms with E-state index in [1.54, 1.807) is 0 Å². The number of carbonyl (C=O) groups excluding carboxylic acids is 3. The Morgan fingerprint density at radius 1 is 1.19 bits per heavy atom. The molecule has 176 valence electrons. The van der Waals surface area contributed by atoms with Crippen LogP contribution in [-0.2, 0) is 25.5 Å². The number of halogens is 1. The Morgan fingerprint density at radius 2 is 1.94 bits per heavy atom. The molecule has 1 saturated carbocycles. The number of unbranched alkanes of at least 4 members (excludes halogenated alkanes) is 2. The van der Waals surface area contributed by atoms with Gasteiger partial charge in [-0.15, -0.1) is 6.58 Å². The molecule has 2 N–H and O–H groups in total. The molecule has 0 heterocycles. The third kappa shape index (κ3) is 8.92. The number of ether oxygens (including phenoxy) is 1. The summed E-state index contributed by atoms with van der Waals surface area (Å²) in [5.41, 5.74) is 0.938. The van der Waals surface area contributed by atoms with E-state index in [1.165, 1.54) is 7.11 Å². The molecule has 32 heavy (non-hydrogen) atoms. The van der Waals surface area contributed by atoms with E-state index in [0.717, 1.165) is 60.5 Å². The molecule has 7 heteroatoms. The zero-order valence-corrected chi connectivity index (χ0v) is 21.1. The number of rotatable bonds is 12. The largest absolute Gasteiger partial charge is 0.467 e. The molecule has 1 fully saturated rings. The second kappa shape index (κ2) is 14.3. The van der Waals surface area contributed by atoms with Gasteiger partial charge in [-0.2, -0.15) is 0 Å². The summed E-state index contributed by atoms with van der Waals surface area (Å²) in [6, 6.07) is 6.36. The molecule has 0 aliphatic heterocycles. The molecular formula is C25H35IN2O4. The maximum Gasteiger partial charge on any atom is 0.328 e. The number of hydrogen-bond donors (Lipinski definition) is 2.